The maximum Gasteiger partial charge on any atom is 0.248 e. The van der Waals surface area contributed by atoms with Gasteiger partial charge in [-0.1, -0.05) is 18.2 Å². The van der Waals surface area contributed by atoms with Crippen LogP contribution in [-0.4, -0.2) is 11.7 Å². The molecule has 0 bridgehead atoms. The zero-order valence-corrected chi connectivity index (χ0v) is 9.94. The molecule has 0 saturated carbocycles. The fourth-order valence-electron chi connectivity index (χ4n) is 1.23. The van der Waals surface area contributed by atoms with Crippen molar-refractivity contribution in [3.05, 3.63) is 54.1 Å². The Balaban J connectivity index is 2.63. The van der Waals surface area contributed by atoms with Crippen LogP contribution < -0.4 is 5.32 Å². The first-order valence-electron chi connectivity index (χ1n) is 5.35. The number of hydrogen-bond donors (Lipinski definition) is 1. The van der Waals surface area contributed by atoms with Crippen molar-refractivity contribution < 1.29 is 9.59 Å². The maximum absolute atomic E-state index is 11.4. The molecule has 0 aliphatic carbocycles. The standard InChI is InChI=1S/C14H15NO2/c1-3-4-5-6-14(17)15-13-9-7-12(8-10-13)11(2)16/h3-10H,1-2H3,(H,15,17). The zero-order valence-electron chi connectivity index (χ0n) is 9.94. The predicted octanol–water partition coefficient (Wildman–Crippen LogP) is 2.96. The number of rotatable bonds is 4. The molecule has 0 atom stereocenters. The number of benzene rings is 1. The number of ketones is 1. The minimum absolute atomic E-state index is 0.0101. The molecular weight excluding hydrogens is 214 g/mol. The fourth-order valence-corrected chi connectivity index (χ4v) is 1.23. The zero-order chi connectivity index (χ0) is 12.7. The first-order valence-corrected chi connectivity index (χ1v) is 5.35. The van der Waals surface area contributed by atoms with Crippen LogP contribution in [0.15, 0.2) is 48.6 Å². The van der Waals surface area contributed by atoms with Crippen LogP contribution in [0, 0.1) is 0 Å². The molecule has 0 heterocycles. The third-order valence-electron chi connectivity index (χ3n) is 2.11. The van der Waals surface area contributed by atoms with Gasteiger partial charge in [0, 0.05) is 17.3 Å². The summed E-state index contributed by atoms with van der Waals surface area (Å²) in [6, 6.07) is 6.79. The van der Waals surface area contributed by atoms with Gasteiger partial charge in [-0.3, -0.25) is 9.59 Å². The van der Waals surface area contributed by atoms with E-state index in [-0.39, 0.29) is 11.7 Å². The van der Waals surface area contributed by atoms with E-state index < -0.39 is 0 Å². The molecule has 1 aromatic rings. The lowest BCUT2D eigenvalue weighted by Crippen LogP contribution is -2.07. The Morgan fingerprint density at radius 1 is 1.12 bits per heavy atom. The molecular formula is C14H15NO2. The van der Waals surface area contributed by atoms with Crippen LogP contribution >= 0.6 is 0 Å². The number of Topliss-reactive ketones (excluding diaryl/α,β-unsaturated/α-hetero) is 1. The Morgan fingerprint density at radius 3 is 2.29 bits per heavy atom. The van der Waals surface area contributed by atoms with Gasteiger partial charge in [-0.15, -0.1) is 0 Å². The van der Waals surface area contributed by atoms with Crippen molar-refractivity contribution >= 4 is 17.4 Å². The summed E-state index contributed by atoms with van der Waals surface area (Å²) in [6.07, 6.45) is 6.72. The minimum Gasteiger partial charge on any atom is -0.323 e. The molecule has 0 saturated heterocycles. The third-order valence-corrected chi connectivity index (χ3v) is 2.11. The van der Waals surface area contributed by atoms with E-state index in [0.29, 0.717) is 11.3 Å². The topological polar surface area (TPSA) is 46.2 Å². The van der Waals surface area contributed by atoms with Crippen molar-refractivity contribution in [2.75, 3.05) is 5.32 Å². The van der Waals surface area contributed by atoms with Crippen LogP contribution in [0.25, 0.3) is 0 Å². The lowest BCUT2D eigenvalue weighted by Gasteiger charge is -2.02. The van der Waals surface area contributed by atoms with E-state index in [2.05, 4.69) is 5.32 Å². The van der Waals surface area contributed by atoms with Crippen LogP contribution in [0.2, 0.25) is 0 Å². The first kappa shape index (κ1) is 12.9. The molecule has 0 fully saturated rings. The molecule has 1 rings (SSSR count). The van der Waals surface area contributed by atoms with Gasteiger partial charge < -0.3 is 5.32 Å². The molecule has 0 aromatic heterocycles. The van der Waals surface area contributed by atoms with Crippen molar-refractivity contribution in [1.82, 2.24) is 0 Å². The molecule has 1 amide bonds. The van der Waals surface area contributed by atoms with Crippen molar-refractivity contribution in [2.45, 2.75) is 13.8 Å². The summed E-state index contributed by atoms with van der Waals surface area (Å²) in [5.74, 6) is -0.186. The summed E-state index contributed by atoms with van der Waals surface area (Å²) in [5, 5.41) is 2.70. The van der Waals surface area contributed by atoms with Crippen molar-refractivity contribution in [3.63, 3.8) is 0 Å². The number of hydrogen-bond acceptors (Lipinski definition) is 2. The Morgan fingerprint density at radius 2 is 1.76 bits per heavy atom. The Bertz CT molecular complexity index is 456. The molecule has 17 heavy (non-hydrogen) atoms. The number of allylic oxidation sites excluding steroid dienone is 3. The van der Waals surface area contributed by atoms with E-state index in [1.165, 1.54) is 13.0 Å². The Hall–Kier alpha value is -2.16. The van der Waals surface area contributed by atoms with Gasteiger partial charge in [0.2, 0.25) is 5.91 Å². The lowest BCUT2D eigenvalue weighted by molar-refractivity contribution is -0.111. The van der Waals surface area contributed by atoms with E-state index in [1.807, 2.05) is 13.0 Å². The highest BCUT2D eigenvalue weighted by Crippen LogP contribution is 2.09. The molecule has 0 aliphatic rings. The van der Waals surface area contributed by atoms with Gasteiger partial charge >= 0.3 is 0 Å². The van der Waals surface area contributed by atoms with Gasteiger partial charge in [0.15, 0.2) is 5.78 Å². The lowest BCUT2D eigenvalue weighted by atomic mass is 10.1. The molecule has 1 N–H and O–H groups in total. The van der Waals surface area contributed by atoms with E-state index in [4.69, 9.17) is 0 Å². The SMILES string of the molecule is CC=CC=CC(=O)Nc1ccc(C(C)=O)cc1. The minimum atomic E-state index is -0.196. The Labute approximate surface area is 101 Å². The number of anilines is 1. The van der Waals surface area contributed by atoms with Gasteiger partial charge in [-0.2, -0.15) is 0 Å². The van der Waals surface area contributed by atoms with Gasteiger partial charge in [0.25, 0.3) is 0 Å². The second-order valence-electron chi connectivity index (χ2n) is 3.51. The molecule has 0 unspecified atom stereocenters. The fraction of sp³-hybridized carbons (Fsp3) is 0.143. The molecule has 88 valence electrons. The predicted molar refractivity (Wildman–Crippen MR) is 69.0 cm³/mol. The average molecular weight is 229 g/mol. The summed E-state index contributed by atoms with van der Waals surface area (Å²) < 4.78 is 0. The highest BCUT2D eigenvalue weighted by molar-refractivity contribution is 6.00. The smallest absolute Gasteiger partial charge is 0.248 e. The molecule has 0 aliphatic heterocycles. The normalized spacial score (nSPS) is 10.9. The summed E-state index contributed by atoms with van der Waals surface area (Å²) in [7, 11) is 0. The summed E-state index contributed by atoms with van der Waals surface area (Å²) >= 11 is 0. The quantitative estimate of drug-likeness (QED) is 0.490. The van der Waals surface area contributed by atoms with Crippen molar-refractivity contribution in [1.29, 1.82) is 0 Å². The van der Waals surface area contributed by atoms with E-state index in [0.717, 1.165) is 0 Å². The van der Waals surface area contributed by atoms with Gasteiger partial charge in [0.05, 0.1) is 0 Å². The van der Waals surface area contributed by atoms with E-state index >= 15 is 0 Å². The summed E-state index contributed by atoms with van der Waals surface area (Å²) in [4.78, 5) is 22.5. The first-order chi connectivity index (χ1) is 8.13. The van der Waals surface area contributed by atoms with Crippen LogP contribution in [0.3, 0.4) is 0 Å². The second-order valence-corrected chi connectivity index (χ2v) is 3.51. The monoisotopic (exact) mass is 229 g/mol. The largest absolute Gasteiger partial charge is 0.323 e. The van der Waals surface area contributed by atoms with E-state index in [9.17, 15) is 9.59 Å². The van der Waals surface area contributed by atoms with Crippen LogP contribution in [-0.2, 0) is 4.79 Å². The van der Waals surface area contributed by atoms with Gasteiger partial charge in [0.1, 0.15) is 0 Å². The summed E-state index contributed by atoms with van der Waals surface area (Å²) in [5.41, 5.74) is 1.30. The number of nitrogens with one attached hydrogen (secondary N) is 1. The number of carbonyl (C=O) groups excluding carboxylic acids is 2. The van der Waals surface area contributed by atoms with Crippen LogP contribution in [0.5, 0.6) is 0 Å². The highest BCUT2D eigenvalue weighted by atomic mass is 16.1. The number of carbonyl (C=O) groups is 2. The van der Waals surface area contributed by atoms with Crippen molar-refractivity contribution in [3.8, 4) is 0 Å². The molecule has 0 spiro atoms. The van der Waals surface area contributed by atoms with Crippen LogP contribution in [0.4, 0.5) is 5.69 Å². The van der Waals surface area contributed by atoms with Gasteiger partial charge in [-0.05, 0) is 38.1 Å². The number of amides is 1. The van der Waals surface area contributed by atoms with Gasteiger partial charge in [-0.25, -0.2) is 0 Å². The molecule has 3 heteroatoms. The van der Waals surface area contributed by atoms with Crippen molar-refractivity contribution in [2.24, 2.45) is 0 Å². The highest BCUT2D eigenvalue weighted by Gasteiger charge is 2.00. The van der Waals surface area contributed by atoms with E-state index in [1.54, 1.807) is 36.4 Å². The molecule has 0 radical (unpaired) electrons. The third kappa shape index (κ3) is 4.47. The van der Waals surface area contributed by atoms with Crippen LogP contribution in [0.1, 0.15) is 24.2 Å². The average Bonchev–Trinajstić information content (AvgIpc) is 2.30. The molecule has 1 aromatic carbocycles. The second kappa shape index (κ2) is 6.43. The Kier molecular flexibility index (Phi) is 4.88. The molecule has 3 nitrogen and oxygen atoms in total. The maximum atomic E-state index is 11.4. The summed E-state index contributed by atoms with van der Waals surface area (Å²) in [6.45, 7) is 3.39.